The molecule has 3 unspecified atom stereocenters. The van der Waals surface area contributed by atoms with Crippen LogP contribution in [-0.4, -0.2) is 11.5 Å². The topological polar surface area (TPSA) is 17.1 Å². The van der Waals surface area contributed by atoms with E-state index >= 15 is 0 Å². The van der Waals surface area contributed by atoms with Crippen LogP contribution in [0.5, 0.6) is 0 Å². The third-order valence-corrected chi connectivity index (χ3v) is 4.35. The van der Waals surface area contributed by atoms with Crippen LogP contribution in [0.1, 0.15) is 33.1 Å². The van der Waals surface area contributed by atoms with Crippen LogP contribution in [-0.2, 0) is 4.79 Å². The molecule has 2 aliphatic carbocycles. The van der Waals surface area contributed by atoms with Crippen molar-refractivity contribution >= 4 is 17.5 Å². The molecule has 2 heteroatoms. The number of fused-ring (bicyclic) bond motifs is 1. The second-order valence-corrected chi connectivity index (χ2v) is 5.43. The highest BCUT2D eigenvalue weighted by Crippen LogP contribution is 2.56. The maximum Gasteiger partial charge on any atom is 0.162 e. The predicted molar refractivity (Wildman–Crippen MR) is 61.2 cm³/mol. The van der Waals surface area contributed by atoms with Crippen molar-refractivity contribution in [1.29, 1.82) is 0 Å². The third-order valence-electron chi connectivity index (χ3n) is 3.41. The smallest absolute Gasteiger partial charge is 0.162 e. The summed E-state index contributed by atoms with van der Waals surface area (Å²) >= 11 is 1.83. The predicted octanol–water partition coefficient (Wildman–Crippen LogP) is 3.26. The fraction of sp³-hybridized carbons (Fsp3) is 0.750. The number of ketones is 1. The molecule has 0 amide bonds. The number of rotatable bonds is 4. The van der Waals surface area contributed by atoms with E-state index in [1.165, 1.54) is 25.0 Å². The lowest BCUT2D eigenvalue weighted by atomic mass is 10.0. The van der Waals surface area contributed by atoms with Crippen molar-refractivity contribution in [1.82, 2.24) is 0 Å². The normalized spacial score (nSPS) is 37.7. The largest absolute Gasteiger partial charge is 0.294 e. The summed E-state index contributed by atoms with van der Waals surface area (Å²) in [5.41, 5.74) is 1.14. The van der Waals surface area contributed by atoms with Crippen molar-refractivity contribution in [3.63, 3.8) is 0 Å². The van der Waals surface area contributed by atoms with Gasteiger partial charge in [-0.15, -0.1) is 11.8 Å². The second kappa shape index (κ2) is 4.09. The number of thioether (sulfide) groups is 1. The van der Waals surface area contributed by atoms with Crippen molar-refractivity contribution in [3.05, 3.63) is 11.0 Å². The minimum atomic E-state index is 0.318. The molecule has 0 heterocycles. The first kappa shape index (κ1) is 10.3. The maximum absolute atomic E-state index is 11.7. The molecule has 0 N–H and O–H groups in total. The Bertz CT molecular complexity index is 269. The molecular formula is C12H18OS. The van der Waals surface area contributed by atoms with Gasteiger partial charge in [-0.1, -0.05) is 20.3 Å². The minimum Gasteiger partial charge on any atom is -0.294 e. The SMILES string of the molecule is CCCCS/C=C1\C(=O)C(C)C2CC12. The van der Waals surface area contributed by atoms with Crippen LogP contribution in [0.15, 0.2) is 11.0 Å². The van der Waals surface area contributed by atoms with E-state index in [2.05, 4.69) is 19.3 Å². The highest BCUT2D eigenvalue weighted by molar-refractivity contribution is 8.02. The zero-order chi connectivity index (χ0) is 10.1. The monoisotopic (exact) mass is 210 g/mol. The molecule has 0 radical (unpaired) electrons. The van der Waals surface area contributed by atoms with Gasteiger partial charge in [-0.25, -0.2) is 0 Å². The van der Waals surface area contributed by atoms with Gasteiger partial charge in [0.05, 0.1) is 0 Å². The van der Waals surface area contributed by atoms with Crippen LogP contribution in [0.3, 0.4) is 0 Å². The Morgan fingerprint density at radius 3 is 2.93 bits per heavy atom. The number of carbonyl (C=O) groups excluding carboxylic acids is 1. The zero-order valence-electron chi connectivity index (χ0n) is 8.95. The third kappa shape index (κ3) is 1.77. The first-order valence-electron chi connectivity index (χ1n) is 5.61. The summed E-state index contributed by atoms with van der Waals surface area (Å²) in [6, 6.07) is 0. The van der Waals surface area contributed by atoms with E-state index in [9.17, 15) is 4.79 Å². The number of unbranched alkanes of at least 4 members (excludes halogenated alkanes) is 1. The molecule has 2 fully saturated rings. The van der Waals surface area contributed by atoms with Crippen LogP contribution in [0.4, 0.5) is 0 Å². The number of carbonyl (C=O) groups is 1. The summed E-state index contributed by atoms with van der Waals surface area (Å²) in [7, 11) is 0. The van der Waals surface area contributed by atoms with Gasteiger partial charge in [0.1, 0.15) is 0 Å². The van der Waals surface area contributed by atoms with E-state index in [1.54, 1.807) is 0 Å². The van der Waals surface area contributed by atoms with E-state index < -0.39 is 0 Å². The second-order valence-electron chi connectivity index (χ2n) is 4.46. The lowest BCUT2D eigenvalue weighted by Gasteiger charge is -2.02. The van der Waals surface area contributed by atoms with E-state index in [-0.39, 0.29) is 0 Å². The Kier molecular flexibility index (Phi) is 3.01. The lowest BCUT2D eigenvalue weighted by Crippen LogP contribution is -2.08. The van der Waals surface area contributed by atoms with Crippen LogP contribution in [0.25, 0.3) is 0 Å². The fourth-order valence-electron chi connectivity index (χ4n) is 2.29. The number of hydrogen-bond donors (Lipinski definition) is 0. The average molecular weight is 210 g/mol. The zero-order valence-corrected chi connectivity index (χ0v) is 9.77. The number of hydrogen-bond acceptors (Lipinski definition) is 2. The van der Waals surface area contributed by atoms with Crippen LogP contribution < -0.4 is 0 Å². The molecule has 2 saturated carbocycles. The molecule has 14 heavy (non-hydrogen) atoms. The quantitative estimate of drug-likeness (QED) is 0.523. The Hall–Kier alpha value is -0.240. The molecule has 78 valence electrons. The Morgan fingerprint density at radius 2 is 2.36 bits per heavy atom. The molecule has 1 nitrogen and oxygen atoms in total. The lowest BCUT2D eigenvalue weighted by molar-refractivity contribution is -0.118. The van der Waals surface area contributed by atoms with Gasteiger partial charge in [0.2, 0.25) is 0 Å². The van der Waals surface area contributed by atoms with E-state index in [4.69, 9.17) is 0 Å². The summed E-state index contributed by atoms with van der Waals surface area (Å²) < 4.78 is 0. The molecule has 0 aromatic rings. The van der Waals surface area contributed by atoms with Gasteiger partial charge in [0.15, 0.2) is 5.78 Å². The van der Waals surface area contributed by atoms with Gasteiger partial charge in [-0.05, 0) is 35.8 Å². The van der Waals surface area contributed by atoms with Gasteiger partial charge in [-0.2, -0.15) is 0 Å². The minimum absolute atomic E-state index is 0.318. The first-order valence-corrected chi connectivity index (χ1v) is 6.66. The Morgan fingerprint density at radius 1 is 1.57 bits per heavy atom. The fourth-order valence-corrected chi connectivity index (χ4v) is 3.33. The molecule has 0 spiro atoms. The molecule has 0 saturated heterocycles. The van der Waals surface area contributed by atoms with Crippen molar-refractivity contribution in [2.75, 3.05) is 5.75 Å². The van der Waals surface area contributed by atoms with Gasteiger partial charge < -0.3 is 0 Å². The molecule has 0 bridgehead atoms. The average Bonchev–Trinajstić information content (AvgIpc) is 2.91. The summed E-state index contributed by atoms with van der Waals surface area (Å²) in [4.78, 5) is 11.7. The van der Waals surface area contributed by atoms with Crippen molar-refractivity contribution in [2.24, 2.45) is 17.8 Å². The standard InChI is InChI=1S/C12H18OS/c1-3-4-5-14-7-11-10-6-9(10)8(2)12(11)13/h7-10H,3-6H2,1-2H3/b11-7-. The Labute approximate surface area is 90.3 Å². The van der Waals surface area contributed by atoms with Crippen LogP contribution in [0.2, 0.25) is 0 Å². The highest BCUT2D eigenvalue weighted by Gasteiger charge is 2.54. The Balaban J connectivity index is 1.88. The van der Waals surface area contributed by atoms with E-state index in [0.717, 1.165) is 5.57 Å². The maximum atomic E-state index is 11.7. The van der Waals surface area contributed by atoms with Gasteiger partial charge in [-0.3, -0.25) is 4.79 Å². The molecule has 0 aliphatic heterocycles. The van der Waals surface area contributed by atoms with Crippen LogP contribution in [0, 0.1) is 17.8 Å². The van der Waals surface area contributed by atoms with Gasteiger partial charge >= 0.3 is 0 Å². The highest BCUT2D eigenvalue weighted by atomic mass is 32.2. The molecule has 0 aromatic carbocycles. The van der Waals surface area contributed by atoms with Gasteiger partial charge in [0, 0.05) is 11.5 Å². The van der Waals surface area contributed by atoms with E-state index in [1.807, 2.05) is 11.8 Å². The molecule has 3 atom stereocenters. The van der Waals surface area contributed by atoms with Crippen LogP contribution >= 0.6 is 11.8 Å². The number of allylic oxidation sites excluding steroid dienone is 1. The van der Waals surface area contributed by atoms with E-state index in [0.29, 0.717) is 23.5 Å². The van der Waals surface area contributed by atoms with Crippen molar-refractivity contribution in [2.45, 2.75) is 33.1 Å². The first-order chi connectivity index (χ1) is 6.75. The van der Waals surface area contributed by atoms with Gasteiger partial charge in [0.25, 0.3) is 0 Å². The summed E-state index contributed by atoms with van der Waals surface area (Å²) in [6.45, 7) is 4.29. The van der Waals surface area contributed by atoms with Crippen molar-refractivity contribution in [3.8, 4) is 0 Å². The molecular weight excluding hydrogens is 192 g/mol. The molecule has 2 aliphatic rings. The number of Topliss-reactive ketones (excluding diaryl/α,β-unsaturated/α-hetero) is 1. The van der Waals surface area contributed by atoms with Crippen molar-refractivity contribution < 1.29 is 4.79 Å². The molecule has 0 aromatic heterocycles. The molecule has 2 rings (SSSR count). The summed E-state index contributed by atoms with van der Waals surface area (Å²) in [5.74, 6) is 3.26. The summed E-state index contributed by atoms with van der Waals surface area (Å²) in [5, 5.41) is 2.14. The summed E-state index contributed by atoms with van der Waals surface area (Å²) in [6.07, 6.45) is 3.77.